The molecule has 0 heterocycles. The molecule has 1 rings (SSSR count). The molecule has 0 aliphatic carbocycles. The van der Waals surface area contributed by atoms with Crippen LogP contribution in [0.5, 0.6) is 0 Å². The fourth-order valence-electron chi connectivity index (χ4n) is 1.57. The van der Waals surface area contributed by atoms with Crippen molar-refractivity contribution in [2.45, 2.75) is 19.9 Å². The highest BCUT2D eigenvalue weighted by Crippen LogP contribution is 2.21. The van der Waals surface area contributed by atoms with Crippen molar-refractivity contribution in [2.24, 2.45) is 0 Å². The zero-order valence-corrected chi connectivity index (χ0v) is 10.9. The van der Waals surface area contributed by atoms with Crippen molar-refractivity contribution in [3.63, 3.8) is 0 Å². The molecule has 0 saturated carbocycles. The molecule has 0 radical (unpaired) electrons. The van der Waals surface area contributed by atoms with Crippen LogP contribution in [0.2, 0.25) is 0 Å². The Morgan fingerprint density at radius 1 is 1.35 bits per heavy atom. The summed E-state index contributed by atoms with van der Waals surface area (Å²) < 4.78 is 26.5. The average Bonchev–Trinajstić information content (AvgIpc) is 2.36. The zero-order chi connectivity index (χ0) is 15.1. The molecule has 0 bridgehead atoms. The second-order valence-electron chi connectivity index (χ2n) is 4.03. The maximum absolute atomic E-state index is 13.4. The number of carbonyl (C=O) groups excluding carboxylic acids is 1. The van der Waals surface area contributed by atoms with E-state index in [0.717, 1.165) is 6.07 Å². The summed E-state index contributed by atoms with van der Waals surface area (Å²) in [5.74, 6) is -2.22. The van der Waals surface area contributed by atoms with E-state index in [-0.39, 0.29) is 31.0 Å². The van der Waals surface area contributed by atoms with Crippen molar-refractivity contribution < 1.29 is 18.5 Å². The van der Waals surface area contributed by atoms with Crippen molar-refractivity contribution >= 4 is 11.6 Å². The van der Waals surface area contributed by atoms with Crippen LogP contribution in [0.15, 0.2) is 12.1 Å². The molecule has 1 amide bonds. The predicted molar refractivity (Wildman–Crippen MR) is 68.0 cm³/mol. The number of rotatable bonds is 7. The Hall–Kier alpha value is -2.09. The monoisotopic (exact) mass is 287 g/mol. The molecule has 2 N–H and O–H groups in total. The summed E-state index contributed by atoms with van der Waals surface area (Å²) in [5, 5.41) is 15.9. The lowest BCUT2D eigenvalue weighted by Gasteiger charge is -2.06. The number of hydrogen-bond donors (Lipinski definition) is 2. The third kappa shape index (κ3) is 4.54. The number of nitro benzene ring substituents is 1. The largest absolute Gasteiger partial charge is 0.356 e. The highest BCUT2D eigenvalue weighted by atomic mass is 19.1. The maximum atomic E-state index is 13.4. The molecule has 20 heavy (non-hydrogen) atoms. The first-order valence-electron chi connectivity index (χ1n) is 6.05. The van der Waals surface area contributed by atoms with Crippen molar-refractivity contribution in [1.29, 1.82) is 0 Å². The fraction of sp³-hybridized carbons (Fsp3) is 0.417. The maximum Gasteiger partial charge on any atom is 0.305 e. The molecule has 8 heteroatoms. The molecule has 0 aromatic heterocycles. The smallest absolute Gasteiger partial charge is 0.305 e. The van der Waals surface area contributed by atoms with Crippen LogP contribution < -0.4 is 10.6 Å². The summed E-state index contributed by atoms with van der Waals surface area (Å²) in [6.45, 7) is 2.58. The van der Waals surface area contributed by atoms with E-state index in [4.69, 9.17) is 0 Å². The van der Waals surface area contributed by atoms with Crippen LogP contribution in [0.4, 0.5) is 14.5 Å². The van der Waals surface area contributed by atoms with Gasteiger partial charge in [-0.3, -0.25) is 14.9 Å². The van der Waals surface area contributed by atoms with Crippen LogP contribution in [0, 0.1) is 21.7 Å². The highest BCUT2D eigenvalue weighted by molar-refractivity contribution is 5.75. The Bertz CT molecular complexity index is 509. The number of nitrogens with zero attached hydrogens (tertiary/aromatic N) is 1. The van der Waals surface area contributed by atoms with E-state index in [1.807, 2.05) is 0 Å². The first-order chi connectivity index (χ1) is 9.45. The van der Waals surface area contributed by atoms with Crippen LogP contribution >= 0.6 is 0 Å². The van der Waals surface area contributed by atoms with Gasteiger partial charge in [-0.25, -0.2) is 4.39 Å². The molecule has 0 fully saturated rings. The van der Waals surface area contributed by atoms with Gasteiger partial charge in [0.05, 0.1) is 4.92 Å². The lowest BCUT2D eigenvalue weighted by Crippen LogP contribution is -2.27. The summed E-state index contributed by atoms with van der Waals surface area (Å²) in [5.41, 5.74) is -0.791. The molecule has 6 nitrogen and oxygen atoms in total. The van der Waals surface area contributed by atoms with Crippen LogP contribution in [-0.2, 0) is 11.3 Å². The normalized spacial score (nSPS) is 10.3. The SMILES string of the molecule is CCNC(=O)CCNCc1cc([N+](=O)[O-])c(F)cc1F. The fourth-order valence-corrected chi connectivity index (χ4v) is 1.57. The summed E-state index contributed by atoms with van der Waals surface area (Å²) in [6, 6.07) is 1.34. The zero-order valence-electron chi connectivity index (χ0n) is 10.9. The predicted octanol–water partition coefficient (Wildman–Crippen LogP) is 1.49. The Morgan fingerprint density at radius 3 is 2.65 bits per heavy atom. The Morgan fingerprint density at radius 2 is 2.05 bits per heavy atom. The molecule has 1 aromatic rings. The quantitative estimate of drug-likeness (QED) is 0.452. The molecule has 0 saturated heterocycles. The number of benzene rings is 1. The Labute approximate surface area is 114 Å². The van der Waals surface area contributed by atoms with Gasteiger partial charge in [0.25, 0.3) is 0 Å². The van der Waals surface area contributed by atoms with Gasteiger partial charge in [-0.2, -0.15) is 4.39 Å². The molecule has 0 atom stereocenters. The third-order valence-electron chi connectivity index (χ3n) is 2.53. The molecule has 0 aliphatic heterocycles. The molecule has 0 unspecified atom stereocenters. The summed E-state index contributed by atoms with van der Waals surface area (Å²) >= 11 is 0. The molecule has 0 aliphatic rings. The Balaban J connectivity index is 2.58. The molecular formula is C12H15F2N3O3. The lowest BCUT2D eigenvalue weighted by atomic mass is 10.1. The van der Waals surface area contributed by atoms with Crippen LogP contribution in [0.1, 0.15) is 18.9 Å². The number of halogens is 2. The number of carbonyl (C=O) groups is 1. The van der Waals surface area contributed by atoms with E-state index in [1.54, 1.807) is 6.92 Å². The van der Waals surface area contributed by atoms with E-state index in [2.05, 4.69) is 10.6 Å². The van der Waals surface area contributed by atoms with Crippen molar-refractivity contribution in [2.75, 3.05) is 13.1 Å². The average molecular weight is 287 g/mol. The lowest BCUT2D eigenvalue weighted by molar-refractivity contribution is -0.387. The number of nitro groups is 1. The van der Waals surface area contributed by atoms with Gasteiger partial charge < -0.3 is 10.6 Å². The van der Waals surface area contributed by atoms with Gasteiger partial charge in [0.1, 0.15) is 5.82 Å². The van der Waals surface area contributed by atoms with Gasteiger partial charge in [-0.05, 0) is 6.92 Å². The summed E-state index contributed by atoms with van der Waals surface area (Å²) in [4.78, 5) is 20.8. The second-order valence-corrected chi connectivity index (χ2v) is 4.03. The number of amides is 1. The van der Waals surface area contributed by atoms with Crippen molar-refractivity contribution in [3.05, 3.63) is 39.4 Å². The van der Waals surface area contributed by atoms with E-state index >= 15 is 0 Å². The minimum Gasteiger partial charge on any atom is -0.356 e. The molecule has 110 valence electrons. The standard InChI is InChI=1S/C12H15F2N3O3/c1-2-16-12(18)3-4-15-7-8-5-11(17(19)20)10(14)6-9(8)13/h5-6,15H,2-4,7H2,1H3,(H,16,18). The third-order valence-corrected chi connectivity index (χ3v) is 2.53. The van der Waals surface area contributed by atoms with E-state index in [9.17, 15) is 23.7 Å². The van der Waals surface area contributed by atoms with Crippen LogP contribution in [0.3, 0.4) is 0 Å². The first-order valence-corrected chi connectivity index (χ1v) is 6.05. The van der Waals surface area contributed by atoms with Gasteiger partial charge in [-0.15, -0.1) is 0 Å². The number of nitrogens with one attached hydrogen (secondary N) is 2. The van der Waals surface area contributed by atoms with Gasteiger partial charge in [-0.1, -0.05) is 0 Å². The molecule has 0 spiro atoms. The summed E-state index contributed by atoms with van der Waals surface area (Å²) in [6.07, 6.45) is 0.207. The van der Waals surface area contributed by atoms with Gasteiger partial charge in [0.15, 0.2) is 0 Å². The highest BCUT2D eigenvalue weighted by Gasteiger charge is 2.18. The van der Waals surface area contributed by atoms with Gasteiger partial charge in [0.2, 0.25) is 11.7 Å². The number of hydrogen-bond acceptors (Lipinski definition) is 4. The van der Waals surface area contributed by atoms with Gasteiger partial charge >= 0.3 is 5.69 Å². The molecular weight excluding hydrogens is 272 g/mol. The minimum atomic E-state index is -1.21. The first kappa shape index (κ1) is 16.0. The van der Waals surface area contributed by atoms with Crippen LogP contribution in [0.25, 0.3) is 0 Å². The topological polar surface area (TPSA) is 84.3 Å². The van der Waals surface area contributed by atoms with Gasteiger partial charge in [0, 0.05) is 43.8 Å². The summed E-state index contributed by atoms with van der Waals surface area (Å²) in [7, 11) is 0. The van der Waals surface area contributed by atoms with Crippen molar-refractivity contribution in [3.8, 4) is 0 Å². The van der Waals surface area contributed by atoms with E-state index in [0.29, 0.717) is 12.6 Å². The minimum absolute atomic E-state index is 0.0194. The van der Waals surface area contributed by atoms with E-state index in [1.165, 1.54) is 0 Å². The van der Waals surface area contributed by atoms with E-state index < -0.39 is 22.2 Å². The van der Waals surface area contributed by atoms with Crippen LogP contribution in [-0.4, -0.2) is 23.9 Å². The Kier molecular flexibility index (Phi) is 5.98. The molecule has 1 aromatic carbocycles. The second kappa shape index (κ2) is 7.49. The van der Waals surface area contributed by atoms with Crippen molar-refractivity contribution in [1.82, 2.24) is 10.6 Å².